The van der Waals surface area contributed by atoms with Gasteiger partial charge in [-0.25, -0.2) is 0 Å². The minimum absolute atomic E-state index is 0.0361. The van der Waals surface area contributed by atoms with Crippen molar-refractivity contribution < 1.29 is 4.79 Å². The summed E-state index contributed by atoms with van der Waals surface area (Å²) in [5.41, 5.74) is 1.83. The lowest BCUT2D eigenvalue weighted by atomic mass is 9.93. The first kappa shape index (κ1) is 26.4. The van der Waals surface area contributed by atoms with Crippen LogP contribution in [0.1, 0.15) is 60.4 Å². The quantitative estimate of drug-likeness (QED) is 0.362. The van der Waals surface area contributed by atoms with Gasteiger partial charge >= 0.3 is 0 Å². The van der Waals surface area contributed by atoms with Gasteiger partial charge in [-0.1, -0.05) is 59.7 Å². The molecule has 2 fully saturated rings. The van der Waals surface area contributed by atoms with Crippen LogP contribution < -0.4 is 0 Å². The van der Waals surface area contributed by atoms with Crippen molar-refractivity contribution in [3.05, 3.63) is 69.7 Å². The molecule has 0 bridgehead atoms. The normalized spacial score (nSPS) is 18.5. The van der Waals surface area contributed by atoms with Crippen molar-refractivity contribution in [2.45, 2.75) is 50.5 Å². The number of carbonyl (C=O) groups is 1. The number of likely N-dealkylation sites (N-methyl/N-ethyl adjacent to an activating group) is 1. The minimum Gasteiger partial charge on any atom is -0.363 e. The zero-order valence-corrected chi connectivity index (χ0v) is 22.8. The molecule has 188 valence electrons. The van der Waals surface area contributed by atoms with E-state index in [0.29, 0.717) is 28.2 Å². The van der Waals surface area contributed by atoms with E-state index in [1.165, 1.54) is 30.7 Å². The number of amides is 1. The number of thiocarbonyl (C=S) groups is 1. The van der Waals surface area contributed by atoms with Gasteiger partial charge in [-0.2, -0.15) is 0 Å². The maximum atomic E-state index is 13.0. The maximum absolute atomic E-state index is 13.0. The Balaban J connectivity index is 1.38. The first-order valence-electron chi connectivity index (χ1n) is 12.7. The largest absolute Gasteiger partial charge is 0.363 e. The second kappa shape index (κ2) is 12.5. The summed E-state index contributed by atoms with van der Waals surface area (Å²) in [6.07, 6.45) is 6.88. The van der Waals surface area contributed by atoms with E-state index >= 15 is 0 Å². The van der Waals surface area contributed by atoms with Crippen LogP contribution in [0.5, 0.6) is 0 Å². The number of rotatable bonds is 8. The standard InChI is InChI=1S/C28H35Cl2N3OS/c1-31(28(34)21-7-3-2-4-8-21)20-23(22-10-11-25(29)26(30)19-22)12-16-32-17-13-24(14-18-32)33-15-6-5-9-27(33)35/h2-4,7-8,10-11,19,23-24H,5-6,9,12-18,20H2,1H3/t23-/m1/s1. The van der Waals surface area contributed by atoms with Crippen LogP contribution in [0.4, 0.5) is 0 Å². The van der Waals surface area contributed by atoms with Gasteiger partial charge in [0.25, 0.3) is 5.91 Å². The average molecular weight is 533 g/mol. The van der Waals surface area contributed by atoms with Gasteiger partial charge in [-0.3, -0.25) is 4.79 Å². The van der Waals surface area contributed by atoms with E-state index in [-0.39, 0.29) is 11.8 Å². The fraction of sp³-hybridized carbons (Fsp3) is 0.500. The molecule has 2 aromatic carbocycles. The highest BCUT2D eigenvalue weighted by Gasteiger charge is 2.28. The zero-order chi connectivity index (χ0) is 24.8. The fourth-order valence-corrected chi connectivity index (χ4v) is 6.04. The predicted molar refractivity (Wildman–Crippen MR) is 150 cm³/mol. The summed E-state index contributed by atoms with van der Waals surface area (Å²) in [6, 6.07) is 15.9. The third-order valence-electron chi connectivity index (χ3n) is 7.43. The third kappa shape index (κ3) is 6.97. The second-order valence-corrected chi connectivity index (χ2v) is 11.1. The van der Waals surface area contributed by atoms with E-state index in [2.05, 4.69) is 9.80 Å². The molecule has 4 nitrogen and oxygen atoms in total. The van der Waals surface area contributed by atoms with Gasteiger partial charge in [0, 0.05) is 50.7 Å². The number of carbonyl (C=O) groups excluding carboxylic acids is 1. The topological polar surface area (TPSA) is 26.8 Å². The van der Waals surface area contributed by atoms with Gasteiger partial charge in [0.15, 0.2) is 0 Å². The Bertz CT molecular complexity index is 1010. The molecular formula is C28H35Cl2N3OS. The summed E-state index contributed by atoms with van der Waals surface area (Å²) in [5.74, 6) is 0.212. The van der Waals surface area contributed by atoms with E-state index in [9.17, 15) is 4.79 Å². The molecule has 0 unspecified atom stereocenters. The lowest BCUT2D eigenvalue weighted by Gasteiger charge is -2.42. The van der Waals surface area contributed by atoms with Crippen molar-refractivity contribution in [1.82, 2.24) is 14.7 Å². The molecule has 1 amide bonds. The minimum atomic E-state index is 0.0361. The lowest BCUT2D eigenvalue weighted by molar-refractivity contribution is 0.0780. The van der Waals surface area contributed by atoms with Crippen LogP contribution >= 0.6 is 35.4 Å². The van der Waals surface area contributed by atoms with E-state index < -0.39 is 0 Å². The Morgan fingerprint density at radius 2 is 1.80 bits per heavy atom. The van der Waals surface area contributed by atoms with E-state index in [0.717, 1.165) is 44.6 Å². The van der Waals surface area contributed by atoms with Crippen molar-refractivity contribution >= 4 is 46.3 Å². The Kier molecular flexibility index (Phi) is 9.46. The fourth-order valence-electron chi connectivity index (χ4n) is 5.35. The van der Waals surface area contributed by atoms with Crippen LogP contribution in [0, 0.1) is 0 Å². The number of halogens is 2. The highest BCUT2D eigenvalue weighted by atomic mass is 35.5. The number of hydrogen-bond acceptors (Lipinski definition) is 3. The smallest absolute Gasteiger partial charge is 0.253 e. The number of hydrogen-bond donors (Lipinski definition) is 0. The molecule has 0 spiro atoms. The molecule has 7 heteroatoms. The average Bonchev–Trinajstić information content (AvgIpc) is 2.89. The molecule has 4 rings (SSSR count). The Morgan fingerprint density at radius 1 is 1.06 bits per heavy atom. The molecule has 0 aliphatic carbocycles. The van der Waals surface area contributed by atoms with Gasteiger partial charge in [0.1, 0.15) is 0 Å². The van der Waals surface area contributed by atoms with E-state index in [1.54, 1.807) is 0 Å². The van der Waals surface area contributed by atoms with Crippen molar-refractivity contribution in [3.63, 3.8) is 0 Å². The van der Waals surface area contributed by atoms with Gasteiger partial charge in [0.2, 0.25) is 0 Å². The number of benzene rings is 2. The molecule has 0 N–H and O–H groups in total. The van der Waals surface area contributed by atoms with Gasteiger partial charge in [-0.15, -0.1) is 0 Å². The van der Waals surface area contributed by atoms with Gasteiger partial charge < -0.3 is 14.7 Å². The molecule has 0 saturated carbocycles. The van der Waals surface area contributed by atoms with Crippen molar-refractivity contribution in [2.75, 3.05) is 39.8 Å². The van der Waals surface area contributed by atoms with Crippen LogP contribution in [0.25, 0.3) is 0 Å². The Morgan fingerprint density at radius 3 is 2.49 bits per heavy atom. The number of nitrogens with zero attached hydrogens (tertiary/aromatic N) is 3. The van der Waals surface area contributed by atoms with Crippen LogP contribution in [-0.2, 0) is 0 Å². The van der Waals surface area contributed by atoms with Gasteiger partial charge in [-0.05, 0) is 74.9 Å². The lowest BCUT2D eigenvalue weighted by Crippen LogP contribution is -2.48. The molecule has 2 aliphatic rings. The Labute approximate surface area is 225 Å². The maximum Gasteiger partial charge on any atom is 0.253 e. The molecule has 2 aliphatic heterocycles. The van der Waals surface area contributed by atoms with Crippen molar-refractivity contribution in [1.29, 1.82) is 0 Å². The molecule has 2 saturated heterocycles. The summed E-state index contributed by atoms with van der Waals surface area (Å²) in [6.45, 7) is 4.94. The summed E-state index contributed by atoms with van der Waals surface area (Å²) in [5, 5.41) is 1.12. The van der Waals surface area contributed by atoms with Crippen LogP contribution in [0.2, 0.25) is 10.0 Å². The van der Waals surface area contributed by atoms with Crippen molar-refractivity contribution in [2.24, 2.45) is 0 Å². The third-order valence-corrected chi connectivity index (χ3v) is 8.61. The Hall–Kier alpha value is -1.66. The monoisotopic (exact) mass is 531 g/mol. The number of likely N-dealkylation sites (tertiary alicyclic amines) is 2. The predicted octanol–water partition coefficient (Wildman–Crippen LogP) is 6.52. The second-order valence-electron chi connectivity index (χ2n) is 9.83. The summed E-state index contributed by atoms with van der Waals surface area (Å²) < 4.78 is 0. The number of piperidine rings is 2. The molecule has 35 heavy (non-hydrogen) atoms. The molecular weight excluding hydrogens is 497 g/mol. The van der Waals surface area contributed by atoms with Gasteiger partial charge in [0.05, 0.1) is 15.0 Å². The van der Waals surface area contributed by atoms with Crippen LogP contribution in [-0.4, -0.2) is 71.4 Å². The summed E-state index contributed by atoms with van der Waals surface area (Å²) in [4.78, 5) is 21.1. The molecule has 2 heterocycles. The molecule has 0 aromatic heterocycles. The molecule has 1 atom stereocenters. The first-order chi connectivity index (χ1) is 16.9. The highest BCUT2D eigenvalue weighted by molar-refractivity contribution is 7.80. The van der Waals surface area contributed by atoms with Crippen molar-refractivity contribution in [3.8, 4) is 0 Å². The highest BCUT2D eigenvalue weighted by Crippen LogP contribution is 2.30. The van der Waals surface area contributed by atoms with E-state index in [4.69, 9.17) is 35.4 Å². The summed E-state index contributed by atoms with van der Waals surface area (Å²) in [7, 11) is 1.88. The van der Waals surface area contributed by atoms with E-state index in [1.807, 2.05) is 60.5 Å². The summed E-state index contributed by atoms with van der Waals surface area (Å²) >= 11 is 18.2. The molecule has 0 radical (unpaired) electrons. The SMILES string of the molecule is CN(C[C@@H](CCN1CCC(N2CCCCC2=S)CC1)c1ccc(Cl)c(Cl)c1)C(=O)c1ccccc1. The van der Waals surface area contributed by atoms with Crippen LogP contribution in [0.3, 0.4) is 0 Å². The first-order valence-corrected chi connectivity index (χ1v) is 13.9. The van der Waals surface area contributed by atoms with Crippen LogP contribution in [0.15, 0.2) is 48.5 Å². The molecule has 2 aromatic rings. The zero-order valence-electron chi connectivity index (χ0n) is 20.5.